The minimum Gasteiger partial charge on any atom is -0.481 e. The van der Waals surface area contributed by atoms with Gasteiger partial charge >= 0.3 is 5.97 Å². The Morgan fingerprint density at radius 2 is 0.512 bits per heavy atom. The van der Waals surface area contributed by atoms with Crippen molar-refractivity contribution in [3.8, 4) is 0 Å². The number of nitrogens with two attached hydrogens (primary N) is 1. The monoisotopic (exact) mass is 653 g/mol. The van der Waals surface area contributed by atoms with Gasteiger partial charge < -0.3 is 67.7 Å². The van der Waals surface area contributed by atoms with E-state index < -0.39 is 5.97 Å². The minimum atomic E-state index is -0.874. The Balaban J connectivity index is 0. The molecule has 0 bridgehead atoms. The molecule has 0 spiro atoms. The van der Waals surface area contributed by atoms with Crippen molar-refractivity contribution >= 4 is 18.4 Å². The predicted octanol–water partition coefficient (Wildman–Crippen LogP) is 0.0408. The van der Waals surface area contributed by atoms with Crippen LogP contribution in [0.2, 0.25) is 0 Å². The third-order valence-corrected chi connectivity index (χ3v) is 4.81. The van der Waals surface area contributed by atoms with Gasteiger partial charge in [0.05, 0.1) is 165 Å². The molecule has 0 saturated heterocycles. The van der Waals surface area contributed by atoms with Crippen molar-refractivity contribution < 1.29 is 66.7 Å². The van der Waals surface area contributed by atoms with E-state index >= 15 is 0 Å². The second-order valence-electron chi connectivity index (χ2n) is 8.28. The summed E-state index contributed by atoms with van der Waals surface area (Å²) in [5, 5.41) is 8.48. The van der Waals surface area contributed by atoms with Crippen LogP contribution >= 0.6 is 12.4 Å². The van der Waals surface area contributed by atoms with Crippen LogP contribution in [0.4, 0.5) is 0 Å². The Bertz CT molecular complexity index is 528. The van der Waals surface area contributed by atoms with Crippen molar-refractivity contribution in [2.75, 3.05) is 165 Å². The molecule has 0 saturated carbocycles. The Labute approximate surface area is 262 Å². The van der Waals surface area contributed by atoms with E-state index in [0.29, 0.717) is 159 Å². The third kappa shape index (κ3) is 43.4. The summed E-state index contributed by atoms with van der Waals surface area (Å²) in [5.74, 6) is -0.874. The topological polar surface area (TPSA) is 174 Å². The van der Waals surface area contributed by atoms with Crippen LogP contribution in [0.3, 0.4) is 0 Å². The molecule has 0 aromatic carbocycles. The van der Waals surface area contributed by atoms with Crippen LogP contribution in [0.1, 0.15) is 6.42 Å². The van der Waals surface area contributed by atoms with Crippen LogP contribution in [0.5, 0.6) is 0 Å². The first-order valence-electron chi connectivity index (χ1n) is 14.6. The first-order valence-corrected chi connectivity index (χ1v) is 14.6. The molecule has 0 aliphatic rings. The summed E-state index contributed by atoms with van der Waals surface area (Å²) in [6.07, 6.45) is -0.00219. The van der Waals surface area contributed by atoms with Gasteiger partial charge in [0.1, 0.15) is 0 Å². The number of hydrogen-bond donors (Lipinski definition) is 2. The average molecular weight is 654 g/mol. The highest BCUT2D eigenvalue weighted by Gasteiger charge is 1.98. The average Bonchev–Trinajstić information content (AvgIpc) is 2.98. The molecule has 16 heteroatoms. The molecule has 0 atom stereocenters. The van der Waals surface area contributed by atoms with Crippen molar-refractivity contribution in [3.63, 3.8) is 0 Å². The molecule has 0 fully saturated rings. The molecular weight excluding hydrogens is 598 g/mol. The number of halogens is 1. The van der Waals surface area contributed by atoms with E-state index in [0.717, 1.165) is 0 Å². The van der Waals surface area contributed by atoms with E-state index in [1.54, 1.807) is 0 Å². The molecule has 0 aromatic rings. The number of hydrogen-bond acceptors (Lipinski definition) is 14. The largest absolute Gasteiger partial charge is 0.481 e. The van der Waals surface area contributed by atoms with Crippen LogP contribution in [0.25, 0.3) is 0 Å². The highest BCUT2D eigenvalue weighted by molar-refractivity contribution is 5.85. The molecule has 0 aliphatic carbocycles. The molecule has 0 rings (SSSR count). The molecule has 0 aromatic heterocycles. The quantitative estimate of drug-likeness (QED) is 0.0854. The lowest BCUT2D eigenvalue weighted by molar-refractivity contribution is -0.138. The molecular formula is C27H56ClNO14. The number of carboxylic acids is 1. The molecule has 0 radical (unpaired) electrons. The Morgan fingerprint density at radius 3 is 0.674 bits per heavy atom. The van der Waals surface area contributed by atoms with Gasteiger partial charge in [-0.15, -0.1) is 12.4 Å². The molecule has 43 heavy (non-hydrogen) atoms. The summed E-state index contributed by atoms with van der Waals surface area (Å²) >= 11 is 0. The first kappa shape index (κ1) is 44.4. The maximum Gasteiger partial charge on any atom is 0.305 e. The van der Waals surface area contributed by atoms with Gasteiger partial charge in [0.15, 0.2) is 0 Å². The van der Waals surface area contributed by atoms with E-state index in [1.807, 2.05) is 0 Å². The summed E-state index contributed by atoms with van der Waals surface area (Å²) in [5.41, 5.74) is 5.32. The van der Waals surface area contributed by atoms with Gasteiger partial charge in [-0.25, -0.2) is 0 Å². The molecule has 3 N–H and O–H groups in total. The Morgan fingerprint density at radius 1 is 0.349 bits per heavy atom. The maximum absolute atomic E-state index is 10.3. The number of carboxylic acid groups (broad SMARTS) is 1. The number of ether oxygens (including phenoxy) is 12. The smallest absolute Gasteiger partial charge is 0.305 e. The van der Waals surface area contributed by atoms with Crippen LogP contribution in [-0.4, -0.2) is 176 Å². The molecule has 0 unspecified atom stereocenters. The number of aliphatic carboxylic acids is 1. The second-order valence-corrected chi connectivity index (χ2v) is 8.28. The van der Waals surface area contributed by atoms with Crippen molar-refractivity contribution in [3.05, 3.63) is 0 Å². The lowest BCUT2D eigenvalue weighted by atomic mass is 10.5. The highest BCUT2D eigenvalue weighted by atomic mass is 35.5. The fourth-order valence-corrected chi connectivity index (χ4v) is 2.76. The zero-order valence-corrected chi connectivity index (χ0v) is 26.4. The predicted molar refractivity (Wildman–Crippen MR) is 158 cm³/mol. The summed E-state index contributed by atoms with van der Waals surface area (Å²) in [4.78, 5) is 10.3. The van der Waals surface area contributed by atoms with Crippen LogP contribution in [0.15, 0.2) is 0 Å². The summed E-state index contributed by atoms with van der Waals surface area (Å²) < 4.78 is 64.4. The Kier molecular flexibility index (Phi) is 42.5. The van der Waals surface area contributed by atoms with Gasteiger partial charge in [-0.3, -0.25) is 4.79 Å². The zero-order valence-electron chi connectivity index (χ0n) is 25.6. The van der Waals surface area contributed by atoms with E-state index in [1.165, 1.54) is 0 Å². The molecule has 260 valence electrons. The fourth-order valence-electron chi connectivity index (χ4n) is 2.76. The van der Waals surface area contributed by atoms with Gasteiger partial charge in [0.2, 0.25) is 0 Å². The van der Waals surface area contributed by atoms with Crippen molar-refractivity contribution in [2.45, 2.75) is 6.42 Å². The van der Waals surface area contributed by atoms with Gasteiger partial charge in [0, 0.05) is 6.54 Å². The standard InChI is InChI=1S/C27H55NO14.ClH/c28-2-4-32-6-8-34-10-12-36-14-16-38-18-20-40-22-24-42-26-25-41-23-21-39-19-17-37-15-13-35-11-9-33-7-5-31-3-1-27(29)30;/h1-26,28H2,(H,29,30);1H. The highest BCUT2D eigenvalue weighted by Crippen LogP contribution is 1.88. The first-order chi connectivity index (χ1) is 20.8. The van der Waals surface area contributed by atoms with Crippen LogP contribution in [-0.2, 0) is 61.6 Å². The Hall–Kier alpha value is -0.760. The molecule has 0 aliphatic heterocycles. The van der Waals surface area contributed by atoms with E-state index in [4.69, 9.17) is 67.7 Å². The number of carbonyl (C=O) groups is 1. The van der Waals surface area contributed by atoms with Gasteiger partial charge in [-0.05, 0) is 0 Å². The second kappa shape index (κ2) is 41.2. The van der Waals surface area contributed by atoms with Gasteiger partial charge in [-0.1, -0.05) is 0 Å². The van der Waals surface area contributed by atoms with Crippen molar-refractivity contribution in [2.24, 2.45) is 5.73 Å². The fraction of sp³-hybridized carbons (Fsp3) is 0.963. The summed E-state index contributed by atoms with van der Waals surface area (Å²) in [6, 6.07) is 0. The van der Waals surface area contributed by atoms with Crippen LogP contribution in [0, 0.1) is 0 Å². The lowest BCUT2D eigenvalue weighted by Gasteiger charge is -2.09. The van der Waals surface area contributed by atoms with E-state index in [2.05, 4.69) is 0 Å². The SMILES string of the molecule is Cl.NCCOCCOCCOCCOCCOCCOCCOCCOCCOCCOCCOCCOCCC(=O)O. The normalized spacial score (nSPS) is 11.2. The molecule has 15 nitrogen and oxygen atoms in total. The summed E-state index contributed by atoms with van der Waals surface area (Å²) in [6.45, 7) is 12.0. The van der Waals surface area contributed by atoms with E-state index in [-0.39, 0.29) is 25.4 Å². The molecule has 0 heterocycles. The van der Waals surface area contributed by atoms with E-state index in [9.17, 15) is 4.79 Å². The number of rotatable bonds is 38. The molecule has 0 amide bonds. The van der Waals surface area contributed by atoms with Crippen molar-refractivity contribution in [1.82, 2.24) is 0 Å². The van der Waals surface area contributed by atoms with Crippen LogP contribution < -0.4 is 5.73 Å². The minimum absolute atomic E-state index is 0. The van der Waals surface area contributed by atoms with Crippen molar-refractivity contribution in [1.29, 1.82) is 0 Å². The third-order valence-electron chi connectivity index (χ3n) is 4.81. The summed E-state index contributed by atoms with van der Waals surface area (Å²) in [7, 11) is 0. The lowest BCUT2D eigenvalue weighted by Crippen LogP contribution is -2.15. The van der Waals surface area contributed by atoms with Gasteiger partial charge in [0.25, 0.3) is 0 Å². The maximum atomic E-state index is 10.3. The zero-order chi connectivity index (χ0) is 30.4. The van der Waals surface area contributed by atoms with Gasteiger partial charge in [-0.2, -0.15) is 0 Å².